The smallest absolute Gasteiger partial charge is 0.136 e. The Morgan fingerprint density at radius 2 is 2.10 bits per heavy atom. The number of nitrogens with one attached hydrogen (secondary N) is 1. The molecule has 106 valence electrons. The summed E-state index contributed by atoms with van der Waals surface area (Å²) in [6.07, 6.45) is 4.57. The van der Waals surface area contributed by atoms with Gasteiger partial charge in [0.15, 0.2) is 0 Å². The van der Waals surface area contributed by atoms with Gasteiger partial charge in [0.1, 0.15) is 5.82 Å². The van der Waals surface area contributed by atoms with E-state index in [0.29, 0.717) is 10.9 Å². The number of thioether (sulfide) groups is 1. The molecule has 1 unspecified atom stereocenters. The molecule has 0 spiro atoms. The number of likely N-dealkylation sites (N-methyl/N-ethyl adjacent to an activating group) is 1. The topological polar surface area (TPSA) is 24.9 Å². The second-order valence-corrected chi connectivity index (χ2v) is 5.62. The average molecular weight is 290 g/mol. The average Bonchev–Trinajstić information content (AvgIpc) is 2.47. The van der Waals surface area contributed by atoms with Gasteiger partial charge in [-0.25, -0.2) is 4.39 Å². The number of aromatic nitrogens is 1. The maximum atomic E-state index is 13.6. The van der Waals surface area contributed by atoms with E-state index in [0.717, 1.165) is 18.7 Å². The Balaban J connectivity index is 1.94. The zero-order valence-corrected chi connectivity index (χ0v) is 12.4. The molecule has 0 amide bonds. The van der Waals surface area contributed by atoms with E-state index in [9.17, 15) is 4.39 Å². The first-order chi connectivity index (χ1) is 9.79. The van der Waals surface area contributed by atoms with Crippen molar-refractivity contribution in [1.29, 1.82) is 0 Å². The normalized spacial score (nSPS) is 12.3. The van der Waals surface area contributed by atoms with Crippen LogP contribution in [0.15, 0.2) is 53.7 Å². The van der Waals surface area contributed by atoms with Gasteiger partial charge < -0.3 is 5.32 Å². The van der Waals surface area contributed by atoms with Gasteiger partial charge in [-0.05, 0) is 36.7 Å². The van der Waals surface area contributed by atoms with Crippen LogP contribution in [0.5, 0.6) is 0 Å². The highest BCUT2D eigenvalue weighted by Gasteiger charge is 2.10. The van der Waals surface area contributed by atoms with Crippen molar-refractivity contribution in [3.05, 3.63) is 60.2 Å². The summed E-state index contributed by atoms with van der Waals surface area (Å²) in [7, 11) is 0. The van der Waals surface area contributed by atoms with Crippen molar-refractivity contribution in [2.45, 2.75) is 24.3 Å². The molecular formula is C16H19FN2S. The summed E-state index contributed by atoms with van der Waals surface area (Å²) in [5.41, 5.74) is 1.20. The van der Waals surface area contributed by atoms with Gasteiger partial charge in [-0.15, -0.1) is 11.8 Å². The van der Waals surface area contributed by atoms with Gasteiger partial charge in [0.05, 0.1) is 0 Å². The second-order valence-electron chi connectivity index (χ2n) is 4.56. The molecule has 0 bridgehead atoms. The summed E-state index contributed by atoms with van der Waals surface area (Å²) in [6, 6.07) is 11.3. The Kier molecular flexibility index (Phi) is 6.02. The van der Waals surface area contributed by atoms with Crippen LogP contribution in [0.4, 0.5) is 4.39 Å². The van der Waals surface area contributed by atoms with Gasteiger partial charge in [-0.2, -0.15) is 0 Å². The maximum absolute atomic E-state index is 13.6. The summed E-state index contributed by atoms with van der Waals surface area (Å²) in [5.74, 6) is 0.693. The van der Waals surface area contributed by atoms with Crippen LogP contribution in [-0.4, -0.2) is 23.3 Å². The molecule has 0 aliphatic heterocycles. The van der Waals surface area contributed by atoms with E-state index in [1.165, 1.54) is 11.6 Å². The number of pyridine rings is 1. The monoisotopic (exact) mass is 290 g/mol. The zero-order valence-electron chi connectivity index (χ0n) is 11.6. The second kappa shape index (κ2) is 8.02. The summed E-state index contributed by atoms with van der Waals surface area (Å²) in [6.45, 7) is 2.99. The molecule has 20 heavy (non-hydrogen) atoms. The maximum Gasteiger partial charge on any atom is 0.136 e. The summed E-state index contributed by atoms with van der Waals surface area (Å²) in [5, 5.41) is 3.45. The SMILES string of the molecule is CCNC(CSc1ccccc1F)Cc1cccnc1. The molecule has 1 heterocycles. The van der Waals surface area contributed by atoms with Crippen LogP contribution in [0, 0.1) is 5.82 Å². The molecule has 1 N–H and O–H groups in total. The van der Waals surface area contributed by atoms with Gasteiger partial charge in [-0.1, -0.05) is 25.1 Å². The van der Waals surface area contributed by atoms with Crippen LogP contribution in [0.25, 0.3) is 0 Å². The fourth-order valence-electron chi connectivity index (χ4n) is 2.03. The van der Waals surface area contributed by atoms with E-state index in [4.69, 9.17) is 0 Å². The molecule has 0 saturated carbocycles. The molecule has 0 aliphatic rings. The van der Waals surface area contributed by atoms with Crippen LogP contribution in [0.2, 0.25) is 0 Å². The third-order valence-electron chi connectivity index (χ3n) is 2.97. The minimum atomic E-state index is -0.144. The summed E-state index contributed by atoms with van der Waals surface area (Å²) < 4.78 is 13.6. The highest BCUT2D eigenvalue weighted by Crippen LogP contribution is 2.22. The lowest BCUT2D eigenvalue weighted by Crippen LogP contribution is -2.33. The molecule has 2 rings (SSSR count). The number of hydrogen-bond acceptors (Lipinski definition) is 3. The van der Waals surface area contributed by atoms with Crippen LogP contribution in [-0.2, 0) is 6.42 Å². The van der Waals surface area contributed by atoms with Crippen molar-refractivity contribution in [2.24, 2.45) is 0 Å². The van der Waals surface area contributed by atoms with Gasteiger partial charge >= 0.3 is 0 Å². The molecule has 0 aliphatic carbocycles. The number of hydrogen-bond donors (Lipinski definition) is 1. The Bertz CT molecular complexity index is 519. The molecule has 2 aromatic rings. The predicted molar refractivity (Wildman–Crippen MR) is 82.5 cm³/mol. The lowest BCUT2D eigenvalue weighted by Gasteiger charge is -2.17. The van der Waals surface area contributed by atoms with Crippen molar-refractivity contribution >= 4 is 11.8 Å². The molecule has 1 atom stereocenters. The van der Waals surface area contributed by atoms with Crippen molar-refractivity contribution in [1.82, 2.24) is 10.3 Å². The molecule has 4 heteroatoms. The number of nitrogens with zero attached hydrogens (tertiary/aromatic N) is 1. The van der Waals surface area contributed by atoms with Crippen LogP contribution < -0.4 is 5.32 Å². The van der Waals surface area contributed by atoms with Crippen LogP contribution in [0.3, 0.4) is 0 Å². The fourth-order valence-corrected chi connectivity index (χ4v) is 3.03. The molecule has 1 aromatic heterocycles. The van der Waals surface area contributed by atoms with Crippen molar-refractivity contribution < 1.29 is 4.39 Å². The fraction of sp³-hybridized carbons (Fsp3) is 0.312. The van der Waals surface area contributed by atoms with Crippen molar-refractivity contribution in [3.8, 4) is 0 Å². The van der Waals surface area contributed by atoms with Crippen molar-refractivity contribution in [2.75, 3.05) is 12.3 Å². The van der Waals surface area contributed by atoms with Gasteiger partial charge in [0.2, 0.25) is 0 Å². The van der Waals surface area contributed by atoms with Gasteiger partial charge in [0.25, 0.3) is 0 Å². The van der Waals surface area contributed by atoms with E-state index in [2.05, 4.69) is 23.3 Å². The molecule has 0 radical (unpaired) electrons. The Hall–Kier alpha value is -1.39. The first-order valence-corrected chi connectivity index (χ1v) is 7.77. The largest absolute Gasteiger partial charge is 0.313 e. The lowest BCUT2D eigenvalue weighted by molar-refractivity contribution is 0.570. The summed E-state index contributed by atoms with van der Waals surface area (Å²) in [4.78, 5) is 4.85. The lowest BCUT2D eigenvalue weighted by atomic mass is 10.1. The highest BCUT2D eigenvalue weighted by atomic mass is 32.2. The molecule has 0 saturated heterocycles. The standard InChI is InChI=1S/C16H19FN2S/c1-2-19-14(10-13-6-5-9-18-11-13)12-20-16-8-4-3-7-15(16)17/h3-9,11,14,19H,2,10,12H2,1H3. The minimum absolute atomic E-state index is 0.144. The highest BCUT2D eigenvalue weighted by molar-refractivity contribution is 7.99. The van der Waals surface area contributed by atoms with Crippen LogP contribution in [0.1, 0.15) is 12.5 Å². The molecule has 2 nitrogen and oxygen atoms in total. The summed E-state index contributed by atoms with van der Waals surface area (Å²) >= 11 is 1.56. The minimum Gasteiger partial charge on any atom is -0.313 e. The van der Waals surface area contributed by atoms with Gasteiger partial charge in [-0.3, -0.25) is 4.98 Å². The molecular weight excluding hydrogens is 271 g/mol. The van der Waals surface area contributed by atoms with E-state index >= 15 is 0 Å². The molecule has 0 fully saturated rings. The Morgan fingerprint density at radius 3 is 2.80 bits per heavy atom. The number of halogens is 1. The quantitative estimate of drug-likeness (QED) is 0.790. The van der Waals surface area contributed by atoms with E-state index in [1.54, 1.807) is 24.0 Å². The van der Waals surface area contributed by atoms with Gasteiger partial charge in [0, 0.05) is 29.1 Å². The Morgan fingerprint density at radius 1 is 1.25 bits per heavy atom. The van der Waals surface area contributed by atoms with E-state index < -0.39 is 0 Å². The van der Waals surface area contributed by atoms with E-state index in [1.807, 2.05) is 24.4 Å². The predicted octanol–water partition coefficient (Wildman–Crippen LogP) is 3.53. The van der Waals surface area contributed by atoms with E-state index in [-0.39, 0.29) is 5.82 Å². The first kappa shape index (κ1) is 15.0. The van der Waals surface area contributed by atoms with Crippen molar-refractivity contribution in [3.63, 3.8) is 0 Å². The van der Waals surface area contributed by atoms with Crippen LogP contribution >= 0.6 is 11.8 Å². The third kappa shape index (κ3) is 4.62. The number of rotatable bonds is 7. The Labute approximate surface area is 123 Å². The zero-order chi connectivity index (χ0) is 14.2. The number of benzene rings is 1. The first-order valence-electron chi connectivity index (χ1n) is 6.79. The molecule has 1 aromatic carbocycles. The third-order valence-corrected chi connectivity index (χ3v) is 4.19.